The van der Waals surface area contributed by atoms with Crippen molar-refractivity contribution in [2.24, 2.45) is 0 Å². The first-order valence-corrected chi connectivity index (χ1v) is 6.76. The lowest BCUT2D eigenvalue weighted by Crippen LogP contribution is -2.45. The highest BCUT2D eigenvalue weighted by Gasteiger charge is 2.34. The van der Waals surface area contributed by atoms with Gasteiger partial charge in [-0.05, 0) is 25.8 Å². The molecule has 0 amide bonds. The lowest BCUT2D eigenvalue weighted by Gasteiger charge is -2.15. The van der Waals surface area contributed by atoms with E-state index >= 15 is 0 Å². The molecule has 1 unspecified atom stereocenters. The molecule has 1 aliphatic carbocycles. The van der Waals surface area contributed by atoms with Gasteiger partial charge in [-0.15, -0.1) is 0 Å². The number of ether oxygens (including phenoxy) is 1. The van der Waals surface area contributed by atoms with Crippen LogP contribution in [-0.4, -0.2) is 35.4 Å². The quantitative estimate of drug-likeness (QED) is 0.463. The number of ketones is 1. The molecule has 1 aromatic rings. The Balaban J connectivity index is 2.21. The summed E-state index contributed by atoms with van der Waals surface area (Å²) in [6, 6.07) is 0.347. The van der Waals surface area contributed by atoms with Crippen LogP contribution >= 0.6 is 11.6 Å². The van der Waals surface area contributed by atoms with Crippen LogP contribution in [0.15, 0.2) is 17.1 Å². The van der Waals surface area contributed by atoms with E-state index in [0.717, 1.165) is 12.8 Å². The smallest absolute Gasteiger partial charge is 0.331 e. The number of aromatic amines is 1. The molecule has 0 aromatic carbocycles. The molecule has 2 rings (SSSR count). The molecule has 6 nitrogen and oxygen atoms in total. The first-order chi connectivity index (χ1) is 9.52. The van der Waals surface area contributed by atoms with Crippen LogP contribution in [0.3, 0.4) is 0 Å². The maximum Gasteiger partial charge on any atom is 0.331 e. The Kier molecular flexibility index (Phi) is 4.57. The standard InChI is InChI=1S/C13H15ClN2O4/c1-2-20-13(19)10(16-8-3-4-8)11(17)7-5-9(14)12(18)15-6-7/h5-6,8,10,16H,2-4H2,1H3,(H,15,18). The molecular formula is C13H15ClN2O4. The monoisotopic (exact) mass is 298 g/mol. The number of nitrogens with one attached hydrogen (secondary N) is 2. The third-order valence-electron chi connectivity index (χ3n) is 2.91. The van der Waals surface area contributed by atoms with Crippen LogP contribution in [0.5, 0.6) is 0 Å². The average Bonchev–Trinajstić information content (AvgIpc) is 3.22. The van der Waals surface area contributed by atoms with Crippen LogP contribution in [0, 0.1) is 0 Å². The Morgan fingerprint density at radius 1 is 1.55 bits per heavy atom. The van der Waals surface area contributed by atoms with Crippen molar-refractivity contribution < 1.29 is 14.3 Å². The first-order valence-electron chi connectivity index (χ1n) is 6.38. The van der Waals surface area contributed by atoms with E-state index in [1.807, 2.05) is 0 Å². The van der Waals surface area contributed by atoms with Gasteiger partial charge in [0.25, 0.3) is 5.56 Å². The van der Waals surface area contributed by atoms with E-state index in [-0.39, 0.29) is 23.2 Å². The predicted octanol–water partition coefficient (Wildman–Crippen LogP) is 0.895. The van der Waals surface area contributed by atoms with Gasteiger partial charge in [-0.25, -0.2) is 4.79 Å². The van der Waals surface area contributed by atoms with Crippen LogP contribution in [-0.2, 0) is 9.53 Å². The Labute approximate surface area is 120 Å². The van der Waals surface area contributed by atoms with Gasteiger partial charge in [-0.2, -0.15) is 0 Å². The summed E-state index contributed by atoms with van der Waals surface area (Å²) in [7, 11) is 0. The highest BCUT2D eigenvalue weighted by molar-refractivity contribution is 6.30. The molecule has 1 fully saturated rings. The summed E-state index contributed by atoms with van der Waals surface area (Å²) >= 11 is 5.69. The molecular weight excluding hydrogens is 284 g/mol. The fourth-order valence-corrected chi connectivity index (χ4v) is 1.90. The van der Waals surface area contributed by atoms with Crippen molar-refractivity contribution in [1.82, 2.24) is 10.3 Å². The fourth-order valence-electron chi connectivity index (χ4n) is 1.73. The van der Waals surface area contributed by atoms with E-state index in [2.05, 4.69) is 10.3 Å². The van der Waals surface area contributed by atoms with Gasteiger partial charge < -0.3 is 9.72 Å². The van der Waals surface area contributed by atoms with Gasteiger partial charge in [-0.3, -0.25) is 14.9 Å². The molecule has 0 saturated heterocycles. The normalized spacial score (nSPS) is 15.7. The maximum atomic E-state index is 12.3. The summed E-state index contributed by atoms with van der Waals surface area (Å²) in [4.78, 5) is 37.7. The number of H-pyrrole nitrogens is 1. The van der Waals surface area contributed by atoms with Crippen molar-refractivity contribution in [2.75, 3.05) is 6.61 Å². The molecule has 1 saturated carbocycles. The van der Waals surface area contributed by atoms with Gasteiger partial charge in [0.15, 0.2) is 11.8 Å². The first kappa shape index (κ1) is 14.7. The van der Waals surface area contributed by atoms with Crippen LogP contribution < -0.4 is 10.9 Å². The molecule has 7 heteroatoms. The Hall–Kier alpha value is -1.66. The van der Waals surface area contributed by atoms with Crippen LogP contribution in [0.1, 0.15) is 30.1 Å². The summed E-state index contributed by atoms with van der Waals surface area (Å²) in [5, 5.41) is 2.86. The summed E-state index contributed by atoms with van der Waals surface area (Å²) < 4.78 is 4.90. The number of pyridine rings is 1. The van der Waals surface area contributed by atoms with Crippen LogP contribution in [0.4, 0.5) is 0 Å². The molecule has 1 atom stereocenters. The molecule has 0 spiro atoms. The summed E-state index contributed by atoms with van der Waals surface area (Å²) in [6.07, 6.45) is 3.10. The minimum absolute atomic E-state index is 0.0927. The highest BCUT2D eigenvalue weighted by atomic mass is 35.5. The number of carbonyl (C=O) groups is 2. The van der Waals surface area contributed by atoms with Crippen molar-refractivity contribution in [3.8, 4) is 0 Å². The molecule has 2 N–H and O–H groups in total. The van der Waals surface area contributed by atoms with Gasteiger partial charge in [0.1, 0.15) is 5.02 Å². The largest absolute Gasteiger partial charge is 0.464 e. The van der Waals surface area contributed by atoms with Gasteiger partial charge >= 0.3 is 5.97 Å². The topological polar surface area (TPSA) is 88.3 Å². The minimum Gasteiger partial charge on any atom is -0.464 e. The summed E-state index contributed by atoms with van der Waals surface area (Å²) in [5.41, 5.74) is -0.313. The van der Waals surface area contributed by atoms with Crippen molar-refractivity contribution in [3.05, 3.63) is 33.2 Å². The second-order valence-electron chi connectivity index (χ2n) is 4.56. The maximum absolute atomic E-state index is 12.3. The Morgan fingerprint density at radius 2 is 2.25 bits per heavy atom. The second kappa shape index (κ2) is 6.19. The van der Waals surface area contributed by atoms with Crippen LogP contribution in [0.25, 0.3) is 0 Å². The molecule has 0 radical (unpaired) electrons. The SMILES string of the molecule is CCOC(=O)C(NC1CC1)C(=O)c1c[nH]c(=O)c(Cl)c1. The van der Waals surface area contributed by atoms with Crippen molar-refractivity contribution in [1.29, 1.82) is 0 Å². The Morgan fingerprint density at radius 3 is 2.80 bits per heavy atom. The molecule has 20 heavy (non-hydrogen) atoms. The number of aromatic nitrogens is 1. The van der Waals surface area contributed by atoms with Crippen LogP contribution in [0.2, 0.25) is 5.02 Å². The van der Waals surface area contributed by atoms with E-state index in [4.69, 9.17) is 16.3 Å². The average molecular weight is 299 g/mol. The van der Waals surface area contributed by atoms with E-state index in [1.165, 1.54) is 12.3 Å². The lowest BCUT2D eigenvalue weighted by molar-refractivity contribution is -0.144. The fraction of sp³-hybridized carbons (Fsp3) is 0.462. The molecule has 0 bridgehead atoms. The zero-order valence-corrected chi connectivity index (χ0v) is 11.7. The van der Waals surface area contributed by atoms with Gasteiger partial charge in [0, 0.05) is 17.8 Å². The van der Waals surface area contributed by atoms with Crippen molar-refractivity contribution >= 4 is 23.4 Å². The third-order valence-corrected chi connectivity index (χ3v) is 3.19. The molecule has 108 valence electrons. The second-order valence-corrected chi connectivity index (χ2v) is 4.96. The number of rotatable bonds is 6. The molecule has 1 aromatic heterocycles. The highest BCUT2D eigenvalue weighted by Crippen LogP contribution is 2.20. The number of Topliss-reactive ketones (excluding diaryl/α,β-unsaturated/α-hetero) is 1. The van der Waals surface area contributed by atoms with Crippen molar-refractivity contribution in [2.45, 2.75) is 31.8 Å². The predicted molar refractivity (Wildman–Crippen MR) is 73.0 cm³/mol. The van der Waals surface area contributed by atoms with Gasteiger partial charge in [0.2, 0.25) is 0 Å². The summed E-state index contributed by atoms with van der Waals surface area (Å²) in [5.74, 6) is -1.08. The number of esters is 1. The molecule has 1 aliphatic rings. The zero-order valence-electron chi connectivity index (χ0n) is 10.9. The number of halogens is 1. The minimum atomic E-state index is -1.07. The summed E-state index contributed by atoms with van der Waals surface area (Å²) in [6.45, 7) is 1.87. The number of hydrogen-bond donors (Lipinski definition) is 2. The third kappa shape index (κ3) is 3.46. The lowest BCUT2D eigenvalue weighted by atomic mass is 10.1. The number of hydrogen-bond acceptors (Lipinski definition) is 5. The van der Waals surface area contributed by atoms with Gasteiger partial charge in [0.05, 0.1) is 6.61 Å². The molecule has 1 heterocycles. The zero-order chi connectivity index (χ0) is 14.7. The molecule has 0 aliphatic heterocycles. The van der Waals surface area contributed by atoms with E-state index < -0.39 is 23.4 Å². The van der Waals surface area contributed by atoms with Crippen molar-refractivity contribution in [3.63, 3.8) is 0 Å². The van der Waals surface area contributed by atoms with E-state index in [1.54, 1.807) is 6.92 Å². The van der Waals surface area contributed by atoms with E-state index in [9.17, 15) is 14.4 Å². The number of carbonyl (C=O) groups excluding carboxylic acids is 2. The van der Waals surface area contributed by atoms with E-state index in [0.29, 0.717) is 0 Å². The van der Waals surface area contributed by atoms with Gasteiger partial charge in [-0.1, -0.05) is 11.6 Å². The Bertz CT molecular complexity index is 580.